The van der Waals surface area contributed by atoms with Crippen LogP contribution in [-0.4, -0.2) is 12.6 Å². The minimum absolute atomic E-state index is 0.249. The van der Waals surface area contributed by atoms with E-state index in [1.165, 1.54) is 0 Å². The van der Waals surface area contributed by atoms with Crippen molar-refractivity contribution in [2.24, 2.45) is 0 Å². The Bertz CT molecular complexity index is 796. The molecule has 120 valence electrons. The van der Waals surface area contributed by atoms with Crippen LogP contribution in [0.2, 0.25) is 0 Å². The van der Waals surface area contributed by atoms with E-state index in [-0.39, 0.29) is 6.61 Å². The Morgan fingerprint density at radius 3 is 2.75 bits per heavy atom. The van der Waals surface area contributed by atoms with Gasteiger partial charge in [0, 0.05) is 18.5 Å². The number of carbonyl (C=O) groups excluding carboxylic acids is 1. The zero-order valence-electron chi connectivity index (χ0n) is 13.5. The predicted molar refractivity (Wildman–Crippen MR) is 92.0 cm³/mol. The largest absolute Gasteiger partial charge is 0.445 e. The van der Waals surface area contributed by atoms with Crippen molar-refractivity contribution in [3.63, 3.8) is 0 Å². The fraction of sp³-hybridized carbons (Fsp3) is 0.200. The van der Waals surface area contributed by atoms with Crippen LogP contribution >= 0.6 is 0 Å². The molecule has 0 heterocycles. The summed E-state index contributed by atoms with van der Waals surface area (Å²) in [4.78, 5) is 11.6. The van der Waals surface area contributed by atoms with E-state index in [0.717, 1.165) is 16.7 Å². The van der Waals surface area contributed by atoms with E-state index in [0.29, 0.717) is 18.5 Å². The fourth-order valence-electron chi connectivity index (χ4n) is 1.99. The number of hydrogen-bond donors (Lipinski definition) is 1. The first-order valence-electron chi connectivity index (χ1n) is 7.63. The molecule has 0 aromatic heterocycles. The molecule has 24 heavy (non-hydrogen) atoms. The van der Waals surface area contributed by atoms with Gasteiger partial charge in [-0.3, -0.25) is 0 Å². The van der Waals surface area contributed by atoms with Crippen LogP contribution in [0.4, 0.5) is 4.79 Å². The third-order valence-corrected chi connectivity index (χ3v) is 3.32. The number of nitriles is 1. The van der Waals surface area contributed by atoms with Gasteiger partial charge in [-0.05, 0) is 30.2 Å². The molecule has 0 saturated heterocycles. The highest BCUT2D eigenvalue weighted by Gasteiger charge is 2.01. The fourth-order valence-corrected chi connectivity index (χ4v) is 1.99. The number of ether oxygens (including phenoxy) is 1. The maximum Gasteiger partial charge on any atom is 0.407 e. The third-order valence-electron chi connectivity index (χ3n) is 3.32. The van der Waals surface area contributed by atoms with Gasteiger partial charge in [0.25, 0.3) is 0 Å². The summed E-state index contributed by atoms with van der Waals surface area (Å²) < 4.78 is 5.11. The highest BCUT2D eigenvalue weighted by Crippen LogP contribution is 2.09. The number of nitrogens with zero attached hydrogens (tertiary/aromatic N) is 1. The van der Waals surface area contributed by atoms with E-state index >= 15 is 0 Å². The molecule has 4 heteroatoms. The van der Waals surface area contributed by atoms with Crippen LogP contribution in [0.3, 0.4) is 0 Å². The first kappa shape index (κ1) is 17.1. The summed E-state index contributed by atoms with van der Waals surface area (Å²) >= 11 is 0. The van der Waals surface area contributed by atoms with Gasteiger partial charge in [-0.25, -0.2) is 4.79 Å². The van der Waals surface area contributed by atoms with E-state index < -0.39 is 6.09 Å². The quantitative estimate of drug-likeness (QED) is 0.693. The van der Waals surface area contributed by atoms with E-state index in [9.17, 15) is 4.79 Å². The molecule has 0 radical (unpaired) electrons. The highest BCUT2D eigenvalue weighted by atomic mass is 16.5. The Labute approximate surface area is 142 Å². The number of rotatable bonds is 4. The zero-order valence-corrected chi connectivity index (χ0v) is 13.5. The minimum Gasteiger partial charge on any atom is -0.445 e. The first-order chi connectivity index (χ1) is 11.7. The second-order valence-electron chi connectivity index (χ2n) is 5.18. The average molecular weight is 318 g/mol. The summed E-state index contributed by atoms with van der Waals surface area (Å²) in [5.74, 6) is 6.02. The van der Waals surface area contributed by atoms with Gasteiger partial charge in [0.05, 0.1) is 11.6 Å². The van der Waals surface area contributed by atoms with E-state index in [2.05, 4.69) is 23.2 Å². The lowest BCUT2D eigenvalue weighted by Crippen LogP contribution is -2.24. The van der Waals surface area contributed by atoms with Gasteiger partial charge in [-0.2, -0.15) is 5.26 Å². The van der Waals surface area contributed by atoms with Crippen molar-refractivity contribution in [1.29, 1.82) is 5.26 Å². The maximum absolute atomic E-state index is 11.6. The maximum atomic E-state index is 11.6. The van der Waals surface area contributed by atoms with Crippen LogP contribution in [0, 0.1) is 30.1 Å². The number of amides is 1. The van der Waals surface area contributed by atoms with Gasteiger partial charge < -0.3 is 10.1 Å². The van der Waals surface area contributed by atoms with Gasteiger partial charge in [0.15, 0.2) is 0 Å². The summed E-state index contributed by atoms with van der Waals surface area (Å²) in [7, 11) is 0. The summed E-state index contributed by atoms with van der Waals surface area (Å²) in [6, 6.07) is 17.0. The van der Waals surface area contributed by atoms with E-state index in [4.69, 9.17) is 10.00 Å². The second kappa shape index (κ2) is 9.02. The Kier molecular flexibility index (Phi) is 6.44. The van der Waals surface area contributed by atoms with Crippen molar-refractivity contribution in [1.82, 2.24) is 5.32 Å². The molecule has 0 atom stereocenters. The number of carbonyl (C=O) groups is 1. The molecule has 0 saturated carbocycles. The molecule has 1 N–H and O–H groups in total. The van der Waals surface area contributed by atoms with Crippen LogP contribution in [0.25, 0.3) is 0 Å². The minimum atomic E-state index is -0.455. The zero-order chi connectivity index (χ0) is 17.2. The average Bonchev–Trinajstić information content (AvgIpc) is 2.62. The van der Waals surface area contributed by atoms with Crippen molar-refractivity contribution in [2.45, 2.75) is 20.0 Å². The summed E-state index contributed by atoms with van der Waals surface area (Å²) in [6.45, 7) is 2.61. The van der Waals surface area contributed by atoms with E-state index in [1.807, 2.05) is 43.3 Å². The molecular formula is C20H18N2O2. The molecule has 0 aliphatic heterocycles. The molecule has 0 spiro atoms. The molecular weight excluding hydrogens is 300 g/mol. The van der Waals surface area contributed by atoms with Crippen LogP contribution in [0.15, 0.2) is 48.5 Å². The van der Waals surface area contributed by atoms with Gasteiger partial charge in [-0.15, -0.1) is 0 Å². The standard InChI is InChI=1S/C20H18N2O2/c1-16-10-11-18(14-21)13-19(16)9-5-6-12-22-20(23)24-15-17-7-3-2-4-8-17/h2-4,7-8,10-11,13H,6,12,15H2,1H3,(H,22,23). The summed E-state index contributed by atoms with van der Waals surface area (Å²) in [5.41, 5.74) is 3.39. The molecule has 2 aromatic rings. The summed E-state index contributed by atoms with van der Waals surface area (Å²) in [6.07, 6.45) is 0.0553. The topological polar surface area (TPSA) is 62.1 Å². The Balaban J connectivity index is 1.73. The monoisotopic (exact) mass is 318 g/mol. The first-order valence-corrected chi connectivity index (χ1v) is 7.63. The molecule has 4 nitrogen and oxygen atoms in total. The van der Waals surface area contributed by atoms with Crippen molar-refractivity contribution in [3.05, 3.63) is 70.8 Å². The molecule has 1 amide bonds. The smallest absolute Gasteiger partial charge is 0.407 e. The normalized spacial score (nSPS) is 9.33. The molecule has 0 bridgehead atoms. The van der Waals surface area contributed by atoms with Crippen molar-refractivity contribution < 1.29 is 9.53 Å². The van der Waals surface area contributed by atoms with Crippen molar-refractivity contribution >= 4 is 6.09 Å². The molecule has 0 aliphatic carbocycles. The predicted octanol–water partition coefficient (Wildman–Crippen LogP) is 3.53. The van der Waals surface area contributed by atoms with E-state index in [1.54, 1.807) is 12.1 Å². The molecule has 0 fully saturated rings. The van der Waals surface area contributed by atoms with Gasteiger partial charge in [-0.1, -0.05) is 48.2 Å². The highest BCUT2D eigenvalue weighted by molar-refractivity contribution is 5.67. The number of nitrogens with one attached hydrogen (secondary N) is 1. The molecule has 2 rings (SSSR count). The van der Waals surface area contributed by atoms with Crippen molar-refractivity contribution in [3.8, 4) is 17.9 Å². The number of alkyl carbamates (subject to hydrolysis) is 1. The Hall–Kier alpha value is -3.24. The number of benzene rings is 2. The number of hydrogen-bond acceptors (Lipinski definition) is 3. The number of aryl methyl sites for hydroxylation is 1. The molecule has 2 aromatic carbocycles. The molecule has 0 unspecified atom stereocenters. The second-order valence-corrected chi connectivity index (χ2v) is 5.18. The molecule has 0 aliphatic rings. The van der Waals surface area contributed by atoms with Gasteiger partial charge in [0.1, 0.15) is 6.61 Å². The lowest BCUT2D eigenvalue weighted by Gasteiger charge is -2.05. The van der Waals surface area contributed by atoms with Gasteiger partial charge in [0.2, 0.25) is 0 Å². The van der Waals surface area contributed by atoms with Crippen molar-refractivity contribution in [2.75, 3.05) is 6.54 Å². The van der Waals surface area contributed by atoms with Crippen LogP contribution in [0.1, 0.15) is 28.7 Å². The third kappa shape index (κ3) is 5.51. The summed E-state index contributed by atoms with van der Waals surface area (Å²) in [5, 5.41) is 11.6. The lowest BCUT2D eigenvalue weighted by molar-refractivity contribution is 0.140. The van der Waals surface area contributed by atoms with Gasteiger partial charge >= 0.3 is 6.09 Å². The van der Waals surface area contributed by atoms with Crippen LogP contribution in [0.5, 0.6) is 0 Å². The Morgan fingerprint density at radius 1 is 1.21 bits per heavy atom. The SMILES string of the molecule is Cc1ccc(C#N)cc1C#CCCNC(=O)OCc1ccccc1. The lowest BCUT2D eigenvalue weighted by atomic mass is 10.1. The Morgan fingerprint density at radius 2 is 2.00 bits per heavy atom. The van der Waals surface area contributed by atoms with Crippen LogP contribution < -0.4 is 5.32 Å². The van der Waals surface area contributed by atoms with Crippen LogP contribution in [-0.2, 0) is 11.3 Å².